The second kappa shape index (κ2) is 6.40. The molecule has 3 heteroatoms. The molecular formula is C12H14FNS. The largest absolute Gasteiger partial charge is 0.221 e. The van der Waals surface area contributed by atoms with E-state index < -0.39 is 0 Å². The molecule has 15 heavy (non-hydrogen) atoms. The van der Waals surface area contributed by atoms with Crippen molar-refractivity contribution in [2.75, 3.05) is 6.26 Å². The molecule has 1 aromatic carbocycles. The van der Waals surface area contributed by atoms with Crippen molar-refractivity contribution in [3.63, 3.8) is 0 Å². The summed E-state index contributed by atoms with van der Waals surface area (Å²) in [5.74, 6) is -0.214. The predicted octanol–water partition coefficient (Wildman–Crippen LogP) is 3.86. The van der Waals surface area contributed by atoms with Gasteiger partial charge in [0, 0.05) is 11.8 Å². The summed E-state index contributed by atoms with van der Waals surface area (Å²) in [5, 5.41) is 0. The summed E-state index contributed by atoms with van der Waals surface area (Å²) in [4.78, 5) is 0. The van der Waals surface area contributed by atoms with Crippen LogP contribution in [0.25, 0.3) is 0 Å². The van der Waals surface area contributed by atoms with Gasteiger partial charge in [-0.2, -0.15) is 0 Å². The van der Waals surface area contributed by atoms with Gasteiger partial charge in [0.2, 0.25) is 0 Å². The van der Waals surface area contributed by atoms with Gasteiger partial charge in [0.1, 0.15) is 5.82 Å². The lowest BCUT2D eigenvalue weighted by molar-refractivity contribution is 0.624. The maximum Gasteiger partial charge on any atom is 0.132 e. The fourth-order valence-electron chi connectivity index (χ4n) is 1.27. The molecule has 0 spiro atoms. The standard InChI is InChI=1S/C12H14FNS/c1-3-4-9-12(14-15-2)10-7-5-6-8-11(10)13/h3,5-8H,1,4,9H2,2H3/b14-12+. The fourth-order valence-corrected chi connectivity index (χ4v) is 1.68. The van der Waals surface area contributed by atoms with Crippen LogP contribution in [0.1, 0.15) is 18.4 Å². The molecule has 0 heterocycles. The van der Waals surface area contributed by atoms with Gasteiger partial charge >= 0.3 is 0 Å². The van der Waals surface area contributed by atoms with E-state index in [9.17, 15) is 4.39 Å². The second-order valence-electron chi connectivity index (χ2n) is 3.03. The summed E-state index contributed by atoms with van der Waals surface area (Å²) >= 11 is 1.35. The molecule has 1 nitrogen and oxygen atoms in total. The summed E-state index contributed by atoms with van der Waals surface area (Å²) in [6.45, 7) is 3.65. The van der Waals surface area contributed by atoms with E-state index in [-0.39, 0.29) is 5.82 Å². The molecule has 1 rings (SSSR count). The Balaban J connectivity index is 2.94. The van der Waals surface area contributed by atoms with Crippen molar-refractivity contribution in [2.45, 2.75) is 12.8 Å². The van der Waals surface area contributed by atoms with Crippen molar-refractivity contribution in [3.05, 3.63) is 48.3 Å². The molecule has 0 saturated carbocycles. The Bertz CT molecular complexity index is 360. The van der Waals surface area contributed by atoms with E-state index in [1.165, 1.54) is 18.0 Å². The second-order valence-corrected chi connectivity index (χ2v) is 3.58. The Morgan fingerprint density at radius 1 is 1.53 bits per heavy atom. The Morgan fingerprint density at radius 3 is 2.87 bits per heavy atom. The first-order valence-corrected chi connectivity index (χ1v) is 5.93. The van der Waals surface area contributed by atoms with Crippen molar-refractivity contribution in [1.29, 1.82) is 0 Å². The van der Waals surface area contributed by atoms with Gasteiger partial charge in [-0.15, -0.1) is 6.58 Å². The predicted molar refractivity (Wildman–Crippen MR) is 65.9 cm³/mol. The lowest BCUT2D eigenvalue weighted by atomic mass is 10.1. The molecule has 0 amide bonds. The number of rotatable bonds is 5. The Hall–Kier alpha value is -1.09. The van der Waals surface area contributed by atoms with E-state index in [0.29, 0.717) is 5.56 Å². The number of nitrogens with zero attached hydrogens (tertiary/aromatic N) is 1. The minimum Gasteiger partial charge on any atom is -0.221 e. The lowest BCUT2D eigenvalue weighted by Gasteiger charge is -2.05. The highest BCUT2D eigenvalue weighted by Gasteiger charge is 2.07. The molecule has 0 aliphatic carbocycles. The molecule has 1 aromatic rings. The maximum atomic E-state index is 13.5. The smallest absolute Gasteiger partial charge is 0.132 e. The average Bonchev–Trinajstić information content (AvgIpc) is 2.25. The molecule has 0 unspecified atom stereocenters. The molecule has 0 bridgehead atoms. The molecule has 0 aromatic heterocycles. The third-order valence-electron chi connectivity index (χ3n) is 1.97. The highest BCUT2D eigenvalue weighted by Crippen LogP contribution is 2.14. The Morgan fingerprint density at radius 2 is 2.27 bits per heavy atom. The quantitative estimate of drug-likeness (QED) is 0.419. The number of halogens is 1. The van der Waals surface area contributed by atoms with Crippen LogP contribution in [0.4, 0.5) is 4.39 Å². The Kier molecular flexibility index (Phi) is 5.12. The van der Waals surface area contributed by atoms with Gasteiger partial charge in [0.05, 0.1) is 5.71 Å². The van der Waals surface area contributed by atoms with E-state index in [2.05, 4.69) is 11.0 Å². The van der Waals surface area contributed by atoms with Crippen LogP contribution < -0.4 is 0 Å². The molecule has 0 radical (unpaired) electrons. The molecule has 0 aliphatic rings. The van der Waals surface area contributed by atoms with Crippen LogP contribution in [0, 0.1) is 5.82 Å². The van der Waals surface area contributed by atoms with Crippen molar-refractivity contribution in [3.8, 4) is 0 Å². The van der Waals surface area contributed by atoms with Gasteiger partial charge in [0.25, 0.3) is 0 Å². The number of hydrogen-bond acceptors (Lipinski definition) is 2. The molecule has 0 fully saturated rings. The van der Waals surface area contributed by atoms with E-state index in [1.54, 1.807) is 12.1 Å². The third-order valence-corrected chi connectivity index (χ3v) is 2.37. The van der Waals surface area contributed by atoms with Crippen molar-refractivity contribution in [2.24, 2.45) is 4.40 Å². The molecular weight excluding hydrogens is 209 g/mol. The highest BCUT2D eigenvalue weighted by atomic mass is 32.2. The maximum absolute atomic E-state index is 13.5. The average molecular weight is 223 g/mol. The van der Waals surface area contributed by atoms with Gasteiger partial charge in [0.15, 0.2) is 0 Å². The normalized spacial score (nSPS) is 11.5. The van der Waals surface area contributed by atoms with Gasteiger partial charge in [-0.25, -0.2) is 8.79 Å². The van der Waals surface area contributed by atoms with Crippen LogP contribution in [-0.4, -0.2) is 12.0 Å². The number of allylic oxidation sites excluding steroid dienone is 1. The SMILES string of the molecule is C=CCC/C(=N\SC)c1ccccc1F. The van der Waals surface area contributed by atoms with Gasteiger partial charge in [-0.05, 0) is 30.9 Å². The van der Waals surface area contributed by atoms with Gasteiger partial charge in [-0.3, -0.25) is 0 Å². The minimum absolute atomic E-state index is 0.214. The fraction of sp³-hybridized carbons (Fsp3) is 0.250. The van der Waals surface area contributed by atoms with Crippen LogP contribution in [0.2, 0.25) is 0 Å². The summed E-state index contributed by atoms with van der Waals surface area (Å²) in [6.07, 6.45) is 5.23. The van der Waals surface area contributed by atoms with Gasteiger partial charge < -0.3 is 0 Å². The molecule has 0 atom stereocenters. The number of hydrogen-bond donors (Lipinski definition) is 0. The third kappa shape index (κ3) is 3.51. The summed E-state index contributed by atoms with van der Waals surface area (Å²) in [6, 6.07) is 6.72. The van der Waals surface area contributed by atoms with Crippen LogP contribution in [0.15, 0.2) is 41.3 Å². The first-order chi connectivity index (χ1) is 7.29. The molecule has 0 aliphatic heterocycles. The summed E-state index contributed by atoms with van der Waals surface area (Å²) in [7, 11) is 0. The zero-order valence-electron chi connectivity index (χ0n) is 8.74. The van der Waals surface area contributed by atoms with E-state index in [4.69, 9.17) is 0 Å². The summed E-state index contributed by atoms with van der Waals surface area (Å²) < 4.78 is 17.7. The van der Waals surface area contributed by atoms with E-state index in [1.807, 2.05) is 18.4 Å². The Labute approximate surface area is 94.3 Å². The minimum atomic E-state index is -0.214. The van der Waals surface area contributed by atoms with E-state index in [0.717, 1.165) is 18.6 Å². The lowest BCUT2D eigenvalue weighted by Crippen LogP contribution is -2.02. The molecule has 80 valence electrons. The van der Waals surface area contributed by atoms with Crippen LogP contribution in [0.3, 0.4) is 0 Å². The van der Waals surface area contributed by atoms with Crippen LogP contribution in [-0.2, 0) is 0 Å². The topological polar surface area (TPSA) is 12.4 Å². The van der Waals surface area contributed by atoms with Crippen molar-refractivity contribution >= 4 is 17.7 Å². The monoisotopic (exact) mass is 223 g/mol. The highest BCUT2D eigenvalue weighted by molar-refractivity contribution is 7.97. The summed E-state index contributed by atoms with van der Waals surface area (Å²) in [5.41, 5.74) is 1.38. The van der Waals surface area contributed by atoms with Crippen molar-refractivity contribution in [1.82, 2.24) is 0 Å². The van der Waals surface area contributed by atoms with Crippen LogP contribution in [0.5, 0.6) is 0 Å². The molecule has 0 N–H and O–H groups in total. The van der Waals surface area contributed by atoms with Crippen LogP contribution >= 0.6 is 11.9 Å². The van der Waals surface area contributed by atoms with Gasteiger partial charge in [-0.1, -0.05) is 24.3 Å². The van der Waals surface area contributed by atoms with E-state index >= 15 is 0 Å². The first-order valence-electron chi connectivity index (χ1n) is 4.75. The van der Waals surface area contributed by atoms with Crippen molar-refractivity contribution < 1.29 is 4.39 Å². The molecule has 0 saturated heterocycles. The zero-order chi connectivity index (χ0) is 11.1. The number of benzene rings is 1. The first kappa shape index (κ1) is 12.0. The zero-order valence-corrected chi connectivity index (χ0v) is 9.56.